The molecule has 4 fully saturated rings. The van der Waals surface area contributed by atoms with E-state index < -0.39 is 5.60 Å². The minimum atomic E-state index is -0.623. The van der Waals surface area contributed by atoms with Crippen molar-refractivity contribution >= 4 is 11.7 Å². The lowest BCUT2D eigenvalue weighted by Gasteiger charge is -2.63. The summed E-state index contributed by atoms with van der Waals surface area (Å²) in [7, 11) is 1.64. The van der Waals surface area contributed by atoms with Crippen molar-refractivity contribution in [1.82, 2.24) is 0 Å². The fraction of sp³-hybridized carbons (Fsp3) is 0.833. The molecule has 0 aromatic heterocycles. The summed E-state index contributed by atoms with van der Waals surface area (Å²) in [4.78, 5) is 16.7. The summed E-state index contributed by atoms with van der Waals surface area (Å²) in [5.74, 6) is 1.67. The van der Waals surface area contributed by atoms with Gasteiger partial charge >= 0.3 is 5.97 Å². The van der Waals surface area contributed by atoms with Gasteiger partial charge < -0.3 is 14.7 Å². The Balaban J connectivity index is 1.43. The highest BCUT2D eigenvalue weighted by Crippen LogP contribution is 2.69. The monoisotopic (exact) mass is 401 g/mol. The molecule has 4 saturated carbocycles. The normalized spacial score (nSPS) is 50.4. The van der Waals surface area contributed by atoms with Crippen LogP contribution < -0.4 is 0 Å². The number of hydrogen-bond donors (Lipinski definition) is 1. The summed E-state index contributed by atoms with van der Waals surface area (Å²) < 4.78 is 5.22. The average Bonchev–Trinajstić information content (AvgIpc) is 3.23. The van der Waals surface area contributed by atoms with Gasteiger partial charge in [0, 0.05) is 11.5 Å². The Kier molecular flexibility index (Phi) is 4.44. The quantitative estimate of drug-likeness (QED) is 0.555. The first kappa shape index (κ1) is 19.6. The van der Waals surface area contributed by atoms with Crippen LogP contribution in [0, 0.1) is 34.5 Å². The Labute approximate surface area is 173 Å². The van der Waals surface area contributed by atoms with Crippen LogP contribution in [0.3, 0.4) is 0 Å². The number of esters is 1. The Bertz CT molecular complexity index is 775. The largest absolute Gasteiger partial charge is 0.458 e. The van der Waals surface area contributed by atoms with Crippen LogP contribution in [0.5, 0.6) is 0 Å². The number of hydrogen-bond acceptors (Lipinski definition) is 5. The van der Waals surface area contributed by atoms with Gasteiger partial charge in [-0.3, -0.25) is 0 Å². The fourth-order valence-electron chi connectivity index (χ4n) is 8.42. The topological polar surface area (TPSA) is 68.1 Å². The number of nitrogens with zero attached hydrogens (tertiary/aromatic N) is 1. The summed E-state index contributed by atoms with van der Waals surface area (Å²) in [6.45, 7) is 5.20. The second kappa shape index (κ2) is 6.57. The highest BCUT2D eigenvalue weighted by Gasteiger charge is 2.67. The van der Waals surface area contributed by atoms with E-state index in [2.05, 4.69) is 19.0 Å². The van der Waals surface area contributed by atoms with Crippen molar-refractivity contribution in [3.8, 4) is 0 Å². The predicted molar refractivity (Wildman–Crippen MR) is 110 cm³/mol. The maximum absolute atomic E-state index is 12.2. The van der Waals surface area contributed by atoms with Crippen LogP contribution in [-0.4, -0.2) is 36.1 Å². The second-order valence-corrected chi connectivity index (χ2v) is 10.8. The van der Waals surface area contributed by atoms with E-state index in [0.29, 0.717) is 24.4 Å². The molecule has 7 atom stereocenters. The van der Waals surface area contributed by atoms with E-state index in [1.807, 2.05) is 0 Å². The first-order valence-electron chi connectivity index (χ1n) is 11.5. The lowest BCUT2D eigenvalue weighted by Crippen LogP contribution is -2.62. The van der Waals surface area contributed by atoms with Gasteiger partial charge in [-0.1, -0.05) is 19.0 Å². The predicted octanol–water partition coefficient (Wildman–Crippen LogP) is 4.25. The molecule has 0 saturated heterocycles. The number of carbonyl (C=O) groups excluding carboxylic acids is 1. The molecule has 5 nitrogen and oxygen atoms in total. The highest BCUT2D eigenvalue weighted by molar-refractivity contribution is 5.85. The summed E-state index contributed by atoms with van der Waals surface area (Å²) in [5, 5.41) is 16.5. The van der Waals surface area contributed by atoms with Gasteiger partial charge in [-0.05, 0) is 92.4 Å². The van der Waals surface area contributed by atoms with Crippen LogP contribution in [0.2, 0.25) is 0 Å². The molecule has 160 valence electrons. The molecular formula is C24H35NO4. The molecule has 0 radical (unpaired) electrons. The number of fused-ring (bicyclic) bond motifs is 5. The van der Waals surface area contributed by atoms with Crippen LogP contribution >= 0.6 is 0 Å². The van der Waals surface area contributed by atoms with Crippen LogP contribution in [0.15, 0.2) is 16.8 Å². The van der Waals surface area contributed by atoms with Crippen LogP contribution in [0.1, 0.15) is 71.6 Å². The SMILES string of the molecule is CO/N=C1\CC[C@]2(C)C3CC[C@]4(C)[C@@H](C5=CC(=O)OC5)CC[C@]4(O)C3CC[C@@H]2C1. The number of cyclic esters (lactones) is 1. The van der Waals surface area contributed by atoms with Crippen molar-refractivity contribution < 1.29 is 19.5 Å². The molecule has 4 aliphatic carbocycles. The lowest BCUT2D eigenvalue weighted by molar-refractivity contribution is -0.200. The summed E-state index contributed by atoms with van der Waals surface area (Å²) in [6, 6.07) is 0. The van der Waals surface area contributed by atoms with E-state index in [9.17, 15) is 9.90 Å². The maximum atomic E-state index is 12.2. The molecule has 0 bridgehead atoms. The lowest BCUT2D eigenvalue weighted by atomic mass is 9.43. The zero-order chi connectivity index (χ0) is 20.4. The first-order valence-corrected chi connectivity index (χ1v) is 11.5. The van der Waals surface area contributed by atoms with E-state index in [1.165, 1.54) is 18.6 Å². The van der Waals surface area contributed by atoms with Gasteiger partial charge in [-0.2, -0.15) is 0 Å². The highest BCUT2D eigenvalue weighted by atomic mass is 16.6. The number of rotatable bonds is 2. The molecule has 2 unspecified atom stereocenters. The average molecular weight is 402 g/mol. The van der Waals surface area contributed by atoms with E-state index in [0.717, 1.165) is 50.5 Å². The standard InChI is InChI=1S/C24H35NO4/c1-22-9-6-17(25-28-3)13-16(22)4-5-20-19(22)7-10-23(2)18(8-11-24(20,23)27)15-12-21(26)29-14-15/h12,16,18-20,27H,4-11,13-14H2,1-3H3/b25-17+/t16-,18-,19?,20?,22+,23-,24+/m1/s1. The smallest absolute Gasteiger partial charge is 0.331 e. The van der Waals surface area contributed by atoms with Crippen molar-refractivity contribution in [2.45, 2.75) is 77.2 Å². The Morgan fingerprint density at radius 2 is 1.97 bits per heavy atom. The van der Waals surface area contributed by atoms with Gasteiger partial charge in [0.1, 0.15) is 13.7 Å². The van der Waals surface area contributed by atoms with Gasteiger partial charge in [0.15, 0.2) is 0 Å². The van der Waals surface area contributed by atoms with Crippen molar-refractivity contribution in [2.75, 3.05) is 13.7 Å². The molecule has 5 rings (SSSR count). The summed E-state index contributed by atoms with van der Waals surface area (Å²) in [5.41, 5.74) is 1.85. The van der Waals surface area contributed by atoms with Gasteiger partial charge in [-0.25, -0.2) is 4.79 Å². The summed E-state index contributed by atoms with van der Waals surface area (Å²) >= 11 is 0. The van der Waals surface area contributed by atoms with Gasteiger partial charge in [-0.15, -0.1) is 0 Å². The van der Waals surface area contributed by atoms with Gasteiger partial charge in [0.2, 0.25) is 0 Å². The molecule has 0 spiro atoms. The molecule has 0 amide bonds. The van der Waals surface area contributed by atoms with Gasteiger partial charge in [0.05, 0.1) is 11.3 Å². The Morgan fingerprint density at radius 3 is 2.69 bits per heavy atom. The van der Waals surface area contributed by atoms with Crippen LogP contribution in [0.25, 0.3) is 0 Å². The maximum Gasteiger partial charge on any atom is 0.331 e. The minimum Gasteiger partial charge on any atom is -0.458 e. The molecule has 0 aromatic rings. The molecule has 29 heavy (non-hydrogen) atoms. The van der Waals surface area contributed by atoms with E-state index in [1.54, 1.807) is 13.2 Å². The third-order valence-corrected chi connectivity index (χ3v) is 10.0. The second-order valence-electron chi connectivity index (χ2n) is 10.8. The number of aliphatic hydroxyl groups is 1. The number of oxime groups is 1. The molecule has 5 aliphatic rings. The van der Waals surface area contributed by atoms with Crippen molar-refractivity contribution in [2.24, 2.45) is 39.7 Å². The van der Waals surface area contributed by atoms with E-state index in [-0.39, 0.29) is 22.7 Å². The van der Waals surface area contributed by atoms with Crippen LogP contribution in [0.4, 0.5) is 0 Å². The first-order chi connectivity index (χ1) is 13.8. The zero-order valence-electron chi connectivity index (χ0n) is 18.1. The number of ether oxygens (including phenoxy) is 1. The van der Waals surface area contributed by atoms with E-state index >= 15 is 0 Å². The third-order valence-electron chi connectivity index (χ3n) is 10.0. The Hall–Kier alpha value is -1.36. The molecular weight excluding hydrogens is 366 g/mol. The fourth-order valence-corrected chi connectivity index (χ4v) is 8.42. The molecule has 5 heteroatoms. The zero-order valence-corrected chi connectivity index (χ0v) is 18.1. The van der Waals surface area contributed by atoms with Crippen molar-refractivity contribution in [3.63, 3.8) is 0 Å². The molecule has 1 aliphatic heterocycles. The summed E-state index contributed by atoms with van der Waals surface area (Å²) in [6.07, 6.45) is 11.3. The van der Waals surface area contributed by atoms with Gasteiger partial charge in [0.25, 0.3) is 0 Å². The number of carbonyl (C=O) groups is 1. The van der Waals surface area contributed by atoms with Crippen molar-refractivity contribution in [3.05, 3.63) is 11.6 Å². The minimum absolute atomic E-state index is 0.144. The molecule has 1 heterocycles. The third kappa shape index (κ3) is 2.62. The van der Waals surface area contributed by atoms with Crippen LogP contribution in [-0.2, 0) is 14.4 Å². The molecule has 1 N–H and O–H groups in total. The molecule has 0 aromatic carbocycles. The Morgan fingerprint density at radius 1 is 1.14 bits per heavy atom. The van der Waals surface area contributed by atoms with E-state index in [4.69, 9.17) is 9.57 Å². The van der Waals surface area contributed by atoms with Crippen molar-refractivity contribution in [1.29, 1.82) is 0 Å².